The normalized spacial score (nSPS) is 9.50. The predicted molar refractivity (Wildman–Crippen MR) is 50.8 cm³/mol. The fourth-order valence-electron chi connectivity index (χ4n) is 0.507. The molecule has 0 amide bonds. The Morgan fingerprint density at radius 1 is 1.40 bits per heavy atom. The van der Waals surface area contributed by atoms with Gasteiger partial charge in [0.25, 0.3) is 0 Å². The molecule has 0 aliphatic carbocycles. The van der Waals surface area contributed by atoms with Crippen molar-refractivity contribution in [1.82, 2.24) is 16.0 Å². The van der Waals surface area contributed by atoms with Crippen molar-refractivity contribution < 1.29 is 0 Å². The summed E-state index contributed by atoms with van der Waals surface area (Å²) in [4.78, 5) is 0. The lowest BCUT2D eigenvalue weighted by atomic mass is 10.8. The van der Waals surface area contributed by atoms with Crippen molar-refractivity contribution >= 4 is 29.2 Å². The SMILES string of the molecule is CCNN(NCC)C(=S)S. The van der Waals surface area contributed by atoms with E-state index in [0.29, 0.717) is 4.32 Å². The first kappa shape index (κ1) is 10.2. The Hall–Kier alpha value is 0.160. The first-order chi connectivity index (χ1) is 4.72. The van der Waals surface area contributed by atoms with Gasteiger partial charge in [0, 0.05) is 13.1 Å². The van der Waals surface area contributed by atoms with Gasteiger partial charge in [-0.05, 0) is 12.2 Å². The minimum absolute atomic E-state index is 0.503. The molecule has 0 fully saturated rings. The zero-order valence-electron chi connectivity index (χ0n) is 6.22. The minimum atomic E-state index is 0.503. The molecule has 0 saturated heterocycles. The lowest BCUT2D eigenvalue weighted by molar-refractivity contribution is 0.241. The number of thiocarbonyl (C=S) groups is 1. The summed E-state index contributed by atoms with van der Waals surface area (Å²) in [5.74, 6) is 0. The van der Waals surface area contributed by atoms with Crippen LogP contribution in [0.1, 0.15) is 13.8 Å². The smallest absolute Gasteiger partial charge is 0.163 e. The maximum atomic E-state index is 4.81. The molecule has 0 unspecified atom stereocenters. The molecule has 0 heterocycles. The summed E-state index contributed by atoms with van der Waals surface area (Å²) in [5.41, 5.74) is 5.98. The van der Waals surface area contributed by atoms with Gasteiger partial charge in [-0.25, -0.2) is 16.0 Å². The van der Waals surface area contributed by atoms with Crippen LogP contribution in [0.5, 0.6) is 0 Å². The van der Waals surface area contributed by atoms with E-state index in [4.69, 9.17) is 12.2 Å². The Kier molecular flexibility index (Phi) is 6.00. The molecule has 3 nitrogen and oxygen atoms in total. The van der Waals surface area contributed by atoms with Gasteiger partial charge in [0.05, 0.1) is 0 Å². The van der Waals surface area contributed by atoms with Crippen LogP contribution in [0.2, 0.25) is 0 Å². The topological polar surface area (TPSA) is 27.3 Å². The van der Waals surface area contributed by atoms with Gasteiger partial charge in [-0.15, -0.1) is 12.6 Å². The van der Waals surface area contributed by atoms with E-state index in [1.54, 1.807) is 5.12 Å². The minimum Gasteiger partial charge on any atom is -0.224 e. The summed E-state index contributed by atoms with van der Waals surface area (Å²) in [7, 11) is 0. The highest BCUT2D eigenvalue weighted by Gasteiger charge is 1.99. The van der Waals surface area contributed by atoms with E-state index in [1.165, 1.54) is 0 Å². The molecule has 2 N–H and O–H groups in total. The average molecular weight is 179 g/mol. The quantitative estimate of drug-likeness (QED) is 0.334. The van der Waals surface area contributed by atoms with Gasteiger partial charge in [-0.1, -0.05) is 13.8 Å². The van der Waals surface area contributed by atoms with Crippen LogP contribution in [0.4, 0.5) is 0 Å². The van der Waals surface area contributed by atoms with Gasteiger partial charge in [-0.2, -0.15) is 0 Å². The summed E-state index contributed by atoms with van der Waals surface area (Å²) >= 11 is 8.81. The zero-order valence-corrected chi connectivity index (χ0v) is 7.93. The highest BCUT2D eigenvalue weighted by atomic mass is 32.1. The van der Waals surface area contributed by atoms with Crippen LogP contribution >= 0.6 is 24.8 Å². The highest BCUT2D eigenvalue weighted by molar-refractivity contribution is 8.10. The van der Waals surface area contributed by atoms with Crippen LogP contribution in [0.25, 0.3) is 0 Å². The molecule has 0 aromatic carbocycles. The summed E-state index contributed by atoms with van der Waals surface area (Å²) in [5, 5.41) is 1.62. The molecule has 0 aliphatic rings. The molecule has 0 rings (SSSR count). The molecular weight excluding hydrogens is 166 g/mol. The van der Waals surface area contributed by atoms with E-state index >= 15 is 0 Å². The van der Waals surface area contributed by atoms with E-state index in [1.807, 2.05) is 13.8 Å². The molecule has 0 aliphatic heterocycles. The molecule has 0 aromatic rings. The summed E-state index contributed by atoms with van der Waals surface area (Å²) in [6.45, 7) is 5.65. The molecule has 10 heavy (non-hydrogen) atoms. The van der Waals surface area contributed by atoms with E-state index in [9.17, 15) is 0 Å². The summed E-state index contributed by atoms with van der Waals surface area (Å²) < 4.78 is 0.503. The summed E-state index contributed by atoms with van der Waals surface area (Å²) in [6.07, 6.45) is 0. The van der Waals surface area contributed by atoms with Crippen molar-refractivity contribution in [1.29, 1.82) is 0 Å². The second kappa shape index (κ2) is 5.91. The van der Waals surface area contributed by atoms with Crippen molar-refractivity contribution in [3.05, 3.63) is 0 Å². The Labute approximate surface area is 72.5 Å². The third-order valence-electron chi connectivity index (χ3n) is 0.824. The average Bonchev–Trinajstić information content (AvgIpc) is 1.87. The Morgan fingerprint density at radius 2 is 1.80 bits per heavy atom. The molecular formula is C5H13N3S2. The Morgan fingerprint density at radius 3 is 2.00 bits per heavy atom. The van der Waals surface area contributed by atoms with Crippen LogP contribution < -0.4 is 10.9 Å². The lowest BCUT2D eigenvalue weighted by Crippen LogP contribution is -2.49. The number of hydrazine groups is 2. The predicted octanol–water partition coefficient (Wildman–Crippen LogP) is 0.552. The first-order valence-corrected chi connectivity index (χ1v) is 4.08. The Balaban J connectivity index is 3.61. The van der Waals surface area contributed by atoms with Gasteiger partial charge in [0.1, 0.15) is 0 Å². The second-order valence-corrected chi connectivity index (χ2v) is 2.75. The van der Waals surface area contributed by atoms with Crippen molar-refractivity contribution in [3.63, 3.8) is 0 Å². The van der Waals surface area contributed by atoms with Crippen molar-refractivity contribution in [2.75, 3.05) is 13.1 Å². The number of hydrogen-bond acceptors (Lipinski definition) is 3. The molecule has 0 spiro atoms. The molecule has 5 heteroatoms. The molecule has 0 saturated carbocycles. The summed E-state index contributed by atoms with van der Waals surface area (Å²) in [6, 6.07) is 0. The zero-order chi connectivity index (χ0) is 7.98. The molecule has 0 bridgehead atoms. The fraction of sp³-hybridized carbons (Fsp3) is 0.800. The molecule has 0 atom stereocenters. The van der Waals surface area contributed by atoms with Crippen LogP contribution in [0.3, 0.4) is 0 Å². The lowest BCUT2D eigenvalue weighted by Gasteiger charge is -2.22. The number of nitrogens with zero attached hydrogens (tertiary/aromatic N) is 1. The van der Waals surface area contributed by atoms with Crippen LogP contribution in [0.15, 0.2) is 0 Å². The van der Waals surface area contributed by atoms with Crippen LogP contribution in [-0.2, 0) is 0 Å². The fourth-order valence-corrected chi connectivity index (χ4v) is 0.778. The number of thiol groups is 1. The van der Waals surface area contributed by atoms with Gasteiger partial charge in [0.15, 0.2) is 4.32 Å². The maximum absolute atomic E-state index is 4.81. The van der Waals surface area contributed by atoms with E-state index in [0.717, 1.165) is 13.1 Å². The van der Waals surface area contributed by atoms with Gasteiger partial charge >= 0.3 is 0 Å². The monoisotopic (exact) mass is 179 g/mol. The second-order valence-electron chi connectivity index (χ2n) is 1.64. The van der Waals surface area contributed by atoms with Crippen molar-refractivity contribution in [2.45, 2.75) is 13.8 Å². The molecule has 0 radical (unpaired) electrons. The van der Waals surface area contributed by atoms with Gasteiger partial charge < -0.3 is 0 Å². The number of rotatable bonds is 4. The first-order valence-electron chi connectivity index (χ1n) is 3.22. The van der Waals surface area contributed by atoms with E-state index in [-0.39, 0.29) is 0 Å². The maximum Gasteiger partial charge on any atom is 0.163 e. The Bertz CT molecular complexity index is 101. The standard InChI is InChI=1S/C5H13N3S2/c1-3-6-8(5(9)10)7-4-2/h6-7H,3-4H2,1-2H3,(H,9,10). The third-order valence-corrected chi connectivity index (χ3v) is 1.21. The molecule has 0 aromatic heterocycles. The third kappa shape index (κ3) is 4.05. The van der Waals surface area contributed by atoms with E-state index < -0.39 is 0 Å². The van der Waals surface area contributed by atoms with Crippen molar-refractivity contribution in [2.24, 2.45) is 0 Å². The van der Waals surface area contributed by atoms with Gasteiger partial charge in [-0.3, -0.25) is 0 Å². The number of nitrogens with one attached hydrogen (secondary N) is 2. The van der Waals surface area contributed by atoms with Crippen molar-refractivity contribution in [3.8, 4) is 0 Å². The number of hydrogen-bond donors (Lipinski definition) is 3. The highest BCUT2D eigenvalue weighted by Crippen LogP contribution is 1.86. The van der Waals surface area contributed by atoms with Gasteiger partial charge in [0.2, 0.25) is 0 Å². The van der Waals surface area contributed by atoms with E-state index in [2.05, 4.69) is 23.5 Å². The van der Waals surface area contributed by atoms with Crippen LogP contribution in [-0.4, -0.2) is 22.5 Å². The largest absolute Gasteiger partial charge is 0.224 e. The van der Waals surface area contributed by atoms with Crippen LogP contribution in [0, 0.1) is 0 Å². The molecule has 60 valence electrons.